The van der Waals surface area contributed by atoms with E-state index in [-0.39, 0.29) is 51.3 Å². The van der Waals surface area contributed by atoms with E-state index in [1.54, 1.807) is 6.33 Å². The van der Waals surface area contributed by atoms with Crippen LogP contribution in [0.25, 0.3) is 11.2 Å². The van der Waals surface area contributed by atoms with Gasteiger partial charge in [-0.25, -0.2) is 4.57 Å². The molecule has 24 heavy (non-hydrogen) atoms. The zero-order valence-electron chi connectivity index (χ0n) is 13.7. The van der Waals surface area contributed by atoms with Crippen LogP contribution in [0.2, 0.25) is 0 Å². The number of aryl methyl sites for hydroxylation is 1. The van der Waals surface area contributed by atoms with Crippen LogP contribution >= 0.6 is 7.82 Å². The van der Waals surface area contributed by atoms with Gasteiger partial charge in [0, 0.05) is 23.5 Å². The first-order valence-corrected chi connectivity index (χ1v) is 9.19. The quantitative estimate of drug-likeness (QED) is 0.554. The van der Waals surface area contributed by atoms with Gasteiger partial charge in [0.15, 0.2) is 0 Å². The molecule has 2 aromatic heterocycles. The topological polar surface area (TPSA) is 110 Å². The van der Waals surface area contributed by atoms with E-state index in [9.17, 15) is 4.57 Å². The minimum absolute atomic E-state index is 0. The van der Waals surface area contributed by atoms with Crippen molar-refractivity contribution >= 4 is 19.0 Å². The monoisotopic (exact) mass is 428 g/mol. The van der Waals surface area contributed by atoms with Gasteiger partial charge < -0.3 is 24.3 Å². The van der Waals surface area contributed by atoms with Gasteiger partial charge in [-0.15, -0.1) is 0 Å². The Labute approximate surface area is 165 Å². The molecule has 0 saturated heterocycles. The molecule has 0 radical (unpaired) electrons. The number of hydrogen-bond donors (Lipinski definition) is 2. The summed E-state index contributed by atoms with van der Waals surface area (Å²) in [6, 6.07) is 0.193. The molecule has 0 amide bonds. The van der Waals surface area contributed by atoms with E-state index in [0.29, 0.717) is 5.92 Å². The molecule has 8 nitrogen and oxygen atoms in total. The van der Waals surface area contributed by atoms with Crippen molar-refractivity contribution < 1.29 is 51.6 Å². The number of hydrogen-bond acceptors (Lipinski definition) is 5. The number of phosphoric acid groups is 1. The van der Waals surface area contributed by atoms with Crippen LogP contribution in [0, 0.1) is 25.1 Å². The predicted molar refractivity (Wildman–Crippen MR) is 82.4 cm³/mol. The molecule has 1 aliphatic carbocycles. The number of phosphoric ester groups is 1. The fourth-order valence-electron chi connectivity index (χ4n) is 3.49. The Morgan fingerprint density at radius 2 is 2.08 bits per heavy atom. The van der Waals surface area contributed by atoms with Crippen molar-refractivity contribution in [3.8, 4) is 0 Å². The number of aromatic nitrogens is 4. The Morgan fingerprint density at radius 3 is 2.75 bits per heavy atom. The zero-order chi connectivity index (χ0) is 16.6. The fraction of sp³-hybridized carbons (Fsp3) is 0.643. The number of imidazole rings is 1. The third kappa shape index (κ3) is 4.29. The summed E-state index contributed by atoms with van der Waals surface area (Å²) in [6.45, 7) is 4.04. The van der Waals surface area contributed by atoms with Crippen LogP contribution in [0.15, 0.2) is 6.33 Å². The standard InChI is InChI=1S/C14H20N4O4P.Y/c1-3-10-4-12(5-11(10)6-22-23(19,20)21)18-8-17-13-9(2)15-7-16-14(13)18;/h8,10-12H,3-6H2,1-2H3,(H2,19,20,21);/q-1;+3. The molecule has 2 heterocycles. The summed E-state index contributed by atoms with van der Waals surface area (Å²) in [7, 11) is -4.43. The molecule has 1 saturated carbocycles. The van der Waals surface area contributed by atoms with Crippen molar-refractivity contribution in [3.63, 3.8) is 0 Å². The predicted octanol–water partition coefficient (Wildman–Crippen LogP) is 2.02. The van der Waals surface area contributed by atoms with Gasteiger partial charge in [0.1, 0.15) is 0 Å². The van der Waals surface area contributed by atoms with Crippen molar-refractivity contribution in [2.45, 2.75) is 39.2 Å². The minimum atomic E-state index is -4.43. The SMILES string of the molecule is CCC1CC(n2cnc3c(C)n[c-]nc32)CC1COP(=O)(O)O.[Y+3]. The summed E-state index contributed by atoms with van der Waals surface area (Å²) >= 11 is 0. The molecular weight excluding hydrogens is 408 g/mol. The minimum Gasteiger partial charge on any atom is -0.369 e. The maximum absolute atomic E-state index is 10.9. The fourth-order valence-corrected chi connectivity index (χ4v) is 3.88. The van der Waals surface area contributed by atoms with Gasteiger partial charge in [-0.2, -0.15) is 0 Å². The van der Waals surface area contributed by atoms with Crippen molar-refractivity contribution in [1.29, 1.82) is 0 Å². The number of nitrogens with zero attached hydrogens (tertiary/aromatic N) is 4. The van der Waals surface area contributed by atoms with Gasteiger partial charge in [0.05, 0.1) is 12.9 Å². The van der Waals surface area contributed by atoms with Crippen LogP contribution in [0.4, 0.5) is 0 Å². The Hall–Kier alpha value is -0.236. The van der Waals surface area contributed by atoms with Gasteiger partial charge in [0.25, 0.3) is 0 Å². The molecule has 3 rings (SSSR count). The molecular formula is C14H20N4O4PY+2. The van der Waals surface area contributed by atoms with Gasteiger partial charge in [0.2, 0.25) is 0 Å². The van der Waals surface area contributed by atoms with E-state index in [2.05, 4.69) is 28.2 Å². The Kier molecular flexibility index (Phi) is 6.67. The van der Waals surface area contributed by atoms with Crippen molar-refractivity contribution in [3.05, 3.63) is 18.3 Å². The molecule has 2 N–H and O–H groups in total. The first-order chi connectivity index (χ1) is 10.9. The van der Waals surface area contributed by atoms with E-state index in [4.69, 9.17) is 14.3 Å². The smallest absolute Gasteiger partial charge is 0.369 e. The van der Waals surface area contributed by atoms with Crippen molar-refractivity contribution in [1.82, 2.24) is 19.5 Å². The maximum atomic E-state index is 10.9. The Bertz CT molecular complexity index is 749. The van der Waals surface area contributed by atoms with E-state index >= 15 is 0 Å². The molecule has 126 valence electrons. The van der Waals surface area contributed by atoms with E-state index < -0.39 is 7.82 Å². The Morgan fingerprint density at radius 1 is 1.38 bits per heavy atom. The van der Waals surface area contributed by atoms with Crippen LogP contribution in [-0.4, -0.2) is 35.9 Å². The largest absolute Gasteiger partial charge is 3.00 e. The van der Waals surface area contributed by atoms with E-state index in [1.165, 1.54) is 0 Å². The second-order valence-electron chi connectivity index (χ2n) is 6.07. The summed E-state index contributed by atoms with van der Waals surface area (Å²) in [4.78, 5) is 30.5. The molecule has 3 atom stereocenters. The summed E-state index contributed by atoms with van der Waals surface area (Å²) < 4.78 is 17.7. The summed E-state index contributed by atoms with van der Waals surface area (Å²) in [5.41, 5.74) is 2.32. The van der Waals surface area contributed by atoms with Crippen molar-refractivity contribution in [2.75, 3.05) is 6.61 Å². The molecule has 2 aromatic rings. The average molecular weight is 428 g/mol. The normalized spacial score (nSPS) is 24.2. The van der Waals surface area contributed by atoms with Gasteiger partial charge in [-0.05, 0) is 30.4 Å². The third-order valence-electron chi connectivity index (χ3n) is 4.67. The molecule has 0 aromatic carbocycles. The van der Waals surface area contributed by atoms with Crippen LogP contribution in [0.1, 0.15) is 37.9 Å². The molecule has 1 fully saturated rings. The first kappa shape index (κ1) is 20.1. The number of rotatable bonds is 5. The molecule has 0 spiro atoms. The second kappa shape index (κ2) is 7.98. The summed E-state index contributed by atoms with van der Waals surface area (Å²) in [6.07, 6.45) is 7.06. The molecule has 0 aliphatic heterocycles. The van der Waals surface area contributed by atoms with Crippen LogP contribution in [0.5, 0.6) is 0 Å². The van der Waals surface area contributed by atoms with Gasteiger partial charge in [-0.1, -0.05) is 20.3 Å². The number of fused-ring (bicyclic) bond motifs is 1. The van der Waals surface area contributed by atoms with Crippen molar-refractivity contribution in [2.24, 2.45) is 11.8 Å². The first-order valence-electron chi connectivity index (χ1n) is 7.66. The molecule has 1 aliphatic rings. The average Bonchev–Trinajstić information content (AvgIpc) is 3.08. The van der Waals surface area contributed by atoms with E-state index in [1.807, 2.05) is 11.5 Å². The Balaban J connectivity index is 0.00000208. The zero-order valence-corrected chi connectivity index (χ0v) is 17.4. The summed E-state index contributed by atoms with van der Waals surface area (Å²) in [5, 5.41) is 0. The summed E-state index contributed by atoms with van der Waals surface area (Å²) in [5.74, 6) is 0.470. The van der Waals surface area contributed by atoms with Gasteiger partial charge in [-0.3, -0.25) is 9.51 Å². The van der Waals surface area contributed by atoms with Crippen LogP contribution in [0.3, 0.4) is 0 Å². The maximum Gasteiger partial charge on any atom is 3.00 e. The van der Waals surface area contributed by atoms with Crippen LogP contribution < -0.4 is 0 Å². The van der Waals surface area contributed by atoms with E-state index in [0.717, 1.165) is 36.1 Å². The second-order valence-corrected chi connectivity index (χ2v) is 7.31. The molecule has 0 bridgehead atoms. The molecule has 10 heteroatoms. The third-order valence-corrected chi connectivity index (χ3v) is 5.16. The van der Waals surface area contributed by atoms with Gasteiger partial charge >= 0.3 is 40.5 Å². The molecule has 3 unspecified atom stereocenters. The van der Waals surface area contributed by atoms with Crippen LogP contribution in [-0.2, 0) is 41.8 Å².